The van der Waals surface area contributed by atoms with Crippen LogP contribution in [0.15, 0.2) is 83.8 Å². The van der Waals surface area contributed by atoms with Gasteiger partial charge in [0.05, 0.1) is 18.0 Å². The van der Waals surface area contributed by atoms with Crippen molar-refractivity contribution in [1.82, 2.24) is 10.0 Å². The Kier molecular flexibility index (Phi) is 7.97. The SMILES string of the molecule is COc1ccc([C@@H](CC(=O)NCCc2ccccc2)NS(=O)(=O)c2ccc(F)cc2)cc1. The Morgan fingerprint density at radius 3 is 2.25 bits per heavy atom. The molecular formula is C24H25FN2O4S. The molecule has 0 radical (unpaired) electrons. The van der Waals surface area contributed by atoms with E-state index in [0.29, 0.717) is 24.3 Å². The highest BCUT2D eigenvalue weighted by Gasteiger charge is 2.24. The number of halogens is 1. The summed E-state index contributed by atoms with van der Waals surface area (Å²) >= 11 is 0. The number of carbonyl (C=O) groups is 1. The van der Waals surface area contributed by atoms with Crippen molar-refractivity contribution < 1.29 is 22.3 Å². The summed E-state index contributed by atoms with van der Waals surface area (Å²) in [4.78, 5) is 12.5. The van der Waals surface area contributed by atoms with Gasteiger partial charge in [-0.15, -0.1) is 0 Å². The molecule has 1 amide bonds. The molecule has 0 bridgehead atoms. The molecule has 0 unspecified atom stereocenters. The van der Waals surface area contributed by atoms with E-state index >= 15 is 0 Å². The lowest BCUT2D eigenvalue weighted by molar-refractivity contribution is -0.121. The van der Waals surface area contributed by atoms with E-state index in [-0.39, 0.29) is 17.2 Å². The maximum atomic E-state index is 13.2. The maximum absolute atomic E-state index is 13.2. The molecule has 3 aromatic rings. The van der Waals surface area contributed by atoms with E-state index in [1.54, 1.807) is 24.3 Å². The third-order valence-electron chi connectivity index (χ3n) is 4.91. The molecule has 3 rings (SSSR count). The number of nitrogens with one attached hydrogen (secondary N) is 2. The molecule has 2 N–H and O–H groups in total. The number of sulfonamides is 1. The first-order valence-electron chi connectivity index (χ1n) is 10.1. The lowest BCUT2D eigenvalue weighted by atomic mass is 10.0. The van der Waals surface area contributed by atoms with Gasteiger partial charge in [-0.25, -0.2) is 17.5 Å². The highest BCUT2D eigenvalue weighted by Crippen LogP contribution is 2.23. The van der Waals surface area contributed by atoms with Crippen LogP contribution in [0.3, 0.4) is 0 Å². The van der Waals surface area contributed by atoms with Crippen LogP contribution in [0.2, 0.25) is 0 Å². The molecule has 1 atom stereocenters. The Labute approximate surface area is 187 Å². The second-order valence-corrected chi connectivity index (χ2v) is 8.90. The number of rotatable bonds is 10. The summed E-state index contributed by atoms with van der Waals surface area (Å²) in [5.41, 5.74) is 1.70. The van der Waals surface area contributed by atoms with Crippen molar-refractivity contribution in [2.24, 2.45) is 0 Å². The van der Waals surface area contributed by atoms with Crippen LogP contribution in [0.4, 0.5) is 4.39 Å². The van der Waals surface area contributed by atoms with Crippen LogP contribution in [-0.4, -0.2) is 28.0 Å². The van der Waals surface area contributed by atoms with Gasteiger partial charge in [-0.2, -0.15) is 0 Å². The normalized spacial score (nSPS) is 12.2. The van der Waals surface area contributed by atoms with E-state index in [0.717, 1.165) is 17.7 Å². The second kappa shape index (κ2) is 10.9. The van der Waals surface area contributed by atoms with E-state index in [9.17, 15) is 17.6 Å². The largest absolute Gasteiger partial charge is 0.497 e. The number of amides is 1. The lowest BCUT2D eigenvalue weighted by Crippen LogP contribution is -2.34. The van der Waals surface area contributed by atoms with Gasteiger partial charge < -0.3 is 10.1 Å². The molecule has 8 heteroatoms. The first kappa shape index (κ1) is 23.4. The lowest BCUT2D eigenvalue weighted by Gasteiger charge is -2.19. The summed E-state index contributed by atoms with van der Waals surface area (Å²) in [7, 11) is -2.45. The van der Waals surface area contributed by atoms with Gasteiger partial charge in [-0.05, 0) is 53.9 Å². The summed E-state index contributed by atoms with van der Waals surface area (Å²) in [6, 6.07) is 20.2. The highest BCUT2D eigenvalue weighted by atomic mass is 32.2. The third-order valence-corrected chi connectivity index (χ3v) is 6.40. The average molecular weight is 457 g/mol. The molecule has 0 heterocycles. The number of carbonyl (C=O) groups excluding carboxylic acids is 1. The molecule has 32 heavy (non-hydrogen) atoms. The Morgan fingerprint density at radius 2 is 1.62 bits per heavy atom. The molecule has 0 spiro atoms. The van der Waals surface area contributed by atoms with Gasteiger partial charge in [0.25, 0.3) is 0 Å². The topological polar surface area (TPSA) is 84.5 Å². The fourth-order valence-electron chi connectivity index (χ4n) is 3.18. The molecule has 0 saturated carbocycles. The quantitative estimate of drug-likeness (QED) is 0.488. The Balaban J connectivity index is 1.72. The third kappa shape index (κ3) is 6.63. The van der Waals surface area contributed by atoms with Crippen LogP contribution >= 0.6 is 0 Å². The smallest absolute Gasteiger partial charge is 0.241 e. The standard InChI is InChI=1S/C24H25FN2O4S/c1-31-21-11-7-19(8-12-21)23(27-32(29,30)22-13-9-20(25)10-14-22)17-24(28)26-16-15-18-5-3-2-4-6-18/h2-14,23,27H,15-17H2,1H3,(H,26,28)/t23-/m1/s1. The van der Waals surface area contributed by atoms with E-state index in [1.807, 2.05) is 30.3 Å². The highest BCUT2D eigenvalue weighted by molar-refractivity contribution is 7.89. The van der Waals surface area contributed by atoms with Crippen molar-refractivity contribution in [3.63, 3.8) is 0 Å². The van der Waals surface area contributed by atoms with Gasteiger partial charge in [-0.1, -0.05) is 42.5 Å². The molecule has 0 aliphatic rings. The molecule has 0 fully saturated rings. The maximum Gasteiger partial charge on any atom is 0.241 e. The van der Waals surface area contributed by atoms with Crippen LogP contribution in [0, 0.1) is 5.82 Å². The minimum Gasteiger partial charge on any atom is -0.497 e. The predicted octanol–water partition coefficient (Wildman–Crippen LogP) is 3.60. The Hall–Kier alpha value is -3.23. The molecule has 0 aliphatic heterocycles. The van der Waals surface area contributed by atoms with Crippen LogP contribution in [0.1, 0.15) is 23.6 Å². The fourth-order valence-corrected chi connectivity index (χ4v) is 4.41. The monoisotopic (exact) mass is 456 g/mol. The van der Waals surface area contributed by atoms with Crippen LogP contribution in [0.5, 0.6) is 5.75 Å². The van der Waals surface area contributed by atoms with E-state index in [4.69, 9.17) is 4.74 Å². The summed E-state index contributed by atoms with van der Waals surface area (Å²) in [5, 5.41) is 2.84. The van der Waals surface area contributed by atoms with E-state index < -0.39 is 21.9 Å². The summed E-state index contributed by atoms with van der Waals surface area (Å²) in [6.07, 6.45) is 0.572. The van der Waals surface area contributed by atoms with Crippen LogP contribution in [-0.2, 0) is 21.2 Å². The predicted molar refractivity (Wildman–Crippen MR) is 120 cm³/mol. The van der Waals surface area contributed by atoms with Crippen molar-refractivity contribution in [3.05, 3.63) is 95.8 Å². The van der Waals surface area contributed by atoms with Gasteiger partial charge in [0.15, 0.2) is 0 Å². The Morgan fingerprint density at radius 1 is 0.969 bits per heavy atom. The van der Waals surface area contributed by atoms with Crippen LogP contribution in [0.25, 0.3) is 0 Å². The first-order valence-corrected chi connectivity index (χ1v) is 11.6. The molecule has 6 nitrogen and oxygen atoms in total. The molecule has 3 aromatic carbocycles. The van der Waals surface area contributed by atoms with E-state index in [1.165, 1.54) is 19.2 Å². The zero-order chi connectivity index (χ0) is 23.0. The fraction of sp³-hybridized carbons (Fsp3) is 0.208. The number of benzene rings is 3. The van der Waals surface area contributed by atoms with Gasteiger partial charge in [-0.3, -0.25) is 4.79 Å². The molecular weight excluding hydrogens is 431 g/mol. The number of hydrogen-bond donors (Lipinski definition) is 2. The molecule has 0 aliphatic carbocycles. The van der Waals surface area contributed by atoms with Crippen molar-refractivity contribution in [2.75, 3.05) is 13.7 Å². The van der Waals surface area contributed by atoms with Gasteiger partial charge in [0.2, 0.25) is 15.9 Å². The minimum absolute atomic E-state index is 0.0816. The summed E-state index contributed by atoms with van der Waals surface area (Å²) in [5.74, 6) is -0.210. The van der Waals surface area contributed by atoms with Crippen molar-refractivity contribution in [2.45, 2.75) is 23.8 Å². The molecule has 168 valence electrons. The summed E-state index contributed by atoms with van der Waals surface area (Å²) < 4.78 is 46.6. The van der Waals surface area contributed by atoms with Crippen LogP contribution < -0.4 is 14.8 Å². The van der Waals surface area contributed by atoms with Gasteiger partial charge >= 0.3 is 0 Å². The molecule has 0 aromatic heterocycles. The first-order chi connectivity index (χ1) is 15.4. The van der Waals surface area contributed by atoms with E-state index in [2.05, 4.69) is 10.0 Å². The minimum atomic E-state index is -3.98. The number of methoxy groups -OCH3 is 1. The van der Waals surface area contributed by atoms with Gasteiger partial charge in [0, 0.05) is 13.0 Å². The average Bonchev–Trinajstić information content (AvgIpc) is 2.79. The Bertz CT molecular complexity index is 1120. The van der Waals surface area contributed by atoms with Crippen molar-refractivity contribution in [1.29, 1.82) is 0 Å². The van der Waals surface area contributed by atoms with Crippen molar-refractivity contribution >= 4 is 15.9 Å². The zero-order valence-electron chi connectivity index (χ0n) is 17.6. The molecule has 0 saturated heterocycles. The van der Waals surface area contributed by atoms with Gasteiger partial charge in [0.1, 0.15) is 11.6 Å². The summed E-state index contributed by atoms with van der Waals surface area (Å²) in [6.45, 7) is 0.433. The van der Waals surface area contributed by atoms with Crippen molar-refractivity contribution in [3.8, 4) is 5.75 Å². The second-order valence-electron chi connectivity index (χ2n) is 7.19. The number of ether oxygens (including phenoxy) is 1. The zero-order valence-corrected chi connectivity index (χ0v) is 18.4. The number of hydrogen-bond acceptors (Lipinski definition) is 4.